The lowest BCUT2D eigenvalue weighted by Gasteiger charge is -2.24. The van der Waals surface area contributed by atoms with Gasteiger partial charge in [-0.2, -0.15) is 0 Å². The number of amides is 1. The summed E-state index contributed by atoms with van der Waals surface area (Å²) < 4.78 is 0. The molecule has 0 aliphatic heterocycles. The normalized spacial score (nSPS) is 13.9. The van der Waals surface area contributed by atoms with Crippen molar-refractivity contribution in [3.8, 4) is 0 Å². The minimum atomic E-state index is -0.953. The third-order valence-corrected chi connectivity index (χ3v) is 8.22. The van der Waals surface area contributed by atoms with Gasteiger partial charge in [-0.05, 0) is 19.3 Å². The van der Waals surface area contributed by atoms with Crippen molar-refractivity contribution in [2.45, 2.75) is 212 Å². The van der Waals surface area contributed by atoms with Crippen molar-refractivity contribution in [3.05, 3.63) is 0 Å². The maximum Gasteiger partial charge on any atom is 0.249 e. The van der Waals surface area contributed by atoms with E-state index in [1.807, 2.05) is 6.92 Å². The molecule has 0 saturated carbocycles. The monoisotopic (exact) mass is 540 g/mol. The summed E-state index contributed by atoms with van der Waals surface area (Å²) in [6, 6.07) is -0.258. The first-order chi connectivity index (χ1) is 18.6. The minimum absolute atomic E-state index is 0.258. The van der Waals surface area contributed by atoms with Gasteiger partial charge < -0.3 is 15.5 Å². The number of unbranched alkanes of at least 4 members (excludes halogenated alkanes) is 22. The first kappa shape index (κ1) is 37.4. The largest absolute Gasteiger partial charge is 0.391 e. The molecular formula is C34H69NO3. The summed E-state index contributed by atoms with van der Waals surface area (Å²) in [5.41, 5.74) is 0. The highest BCUT2D eigenvalue weighted by Crippen LogP contribution is 2.16. The number of carbonyl (C=O) groups excluding carboxylic acids is 1. The van der Waals surface area contributed by atoms with Crippen LogP contribution in [-0.4, -0.2) is 34.4 Å². The maximum atomic E-state index is 12.4. The van der Waals surface area contributed by atoms with Gasteiger partial charge in [-0.3, -0.25) is 4.79 Å². The molecule has 0 fully saturated rings. The molecule has 0 aliphatic carbocycles. The smallest absolute Gasteiger partial charge is 0.249 e. The summed E-state index contributed by atoms with van der Waals surface area (Å²) in [5.74, 6) is -0.312. The molecule has 0 bridgehead atoms. The van der Waals surface area contributed by atoms with Crippen LogP contribution in [0.1, 0.15) is 194 Å². The van der Waals surface area contributed by atoms with Crippen molar-refractivity contribution >= 4 is 5.91 Å². The first-order valence-electron chi connectivity index (χ1n) is 17.2. The number of aliphatic hydroxyl groups excluding tert-OH is 2. The molecule has 3 unspecified atom stereocenters. The number of rotatable bonds is 30. The molecule has 0 saturated heterocycles. The van der Waals surface area contributed by atoms with E-state index in [0.717, 1.165) is 32.1 Å². The Morgan fingerprint density at radius 1 is 0.500 bits per heavy atom. The molecule has 0 aromatic heterocycles. The van der Waals surface area contributed by atoms with Crippen molar-refractivity contribution in [2.75, 3.05) is 0 Å². The van der Waals surface area contributed by atoms with Gasteiger partial charge in [0.25, 0.3) is 0 Å². The quantitative estimate of drug-likeness (QED) is 0.0795. The lowest BCUT2D eigenvalue weighted by molar-refractivity contribution is -0.131. The average Bonchev–Trinajstić information content (AvgIpc) is 2.92. The Hall–Kier alpha value is -0.610. The highest BCUT2D eigenvalue weighted by atomic mass is 16.3. The van der Waals surface area contributed by atoms with Crippen LogP contribution < -0.4 is 5.32 Å². The van der Waals surface area contributed by atoms with Gasteiger partial charge in [-0.1, -0.05) is 175 Å². The highest BCUT2D eigenvalue weighted by Gasteiger charge is 2.22. The predicted octanol–water partition coefficient (Wildman–Crippen LogP) is 9.79. The molecule has 3 atom stereocenters. The fourth-order valence-corrected chi connectivity index (χ4v) is 5.45. The summed E-state index contributed by atoms with van der Waals surface area (Å²) in [6.07, 6.45) is 31.5. The van der Waals surface area contributed by atoms with Crippen molar-refractivity contribution in [3.63, 3.8) is 0 Å². The van der Waals surface area contributed by atoms with Gasteiger partial charge in [-0.15, -0.1) is 0 Å². The minimum Gasteiger partial charge on any atom is -0.391 e. The van der Waals surface area contributed by atoms with Crippen LogP contribution in [0.3, 0.4) is 0 Å². The zero-order chi connectivity index (χ0) is 28.1. The van der Waals surface area contributed by atoms with Gasteiger partial charge in [0.05, 0.1) is 12.1 Å². The molecular weight excluding hydrogens is 470 g/mol. The van der Waals surface area contributed by atoms with E-state index in [4.69, 9.17) is 0 Å². The number of aliphatic hydroxyl groups is 2. The van der Waals surface area contributed by atoms with Crippen molar-refractivity contribution < 1.29 is 15.0 Å². The van der Waals surface area contributed by atoms with E-state index in [2.05, 4.69) is 19.2 Å². The zero-order valence-corrected chi connectivity index (χ0v) is 26.1. The second-order valence-electron chi connectivity index (χ2n) is 12.0. The van der Waals surface area contributed by atoms with Crippen LogP contribution in [0.15, 0.2) is 0 Å². The Labute approximate surface area is 238 Å². The topological polar surface area (TPSA) is 69.6 Å². The molecule has 38 heavy (non-hydrogen) atoms. The number of hydrogen-bond donors (Lipinski definition) is 3. The third kappa shape index (κ3) is 24.4. The molecule has 0 aromatic carbocycles. The van der Waals surface area contributed by atoms with E-state index in [9.17, 15) is 15.0 Å². The van der Waals surface area contributed by atoms with Crippen LogP contribution in [0.5, 0.6) is 0 Å². The number of hydrogen-bond acceptors (Lipinski definition) is 3. The molecule has 4 nitrogen and oxygen atoms in total. The van der Waals surface area contributed by atoms with E-state index in [1.165, 1.54) is 128 Å². The third-order valence-electron chi connectivity index (χ3n) is 8.22. The van der Waals surface area contributed by atoms with Gasteiger partial charge in [-0.25, -0.2) is 0 Å². The van der Waals surface area contributed by atoms with Crippen molar-refractivity contribution in [1.82, 2.24) is 5.32 Å². The Balaban J connectivity index is 3.70. The molecule has 1 amide bonds. The molecule has 0 aliphatic rings. The summed E-state index contributed by atoms with van der Waals surface area (Å²) in [7, 11) is 0. The standard InChI is InChI=1S/C34H69NO3/c1-4-7-9-11-13-15-17-18-20-21-23-25-27-29-32(36)31(6-3)35-34(38)33(37)30-28-26-24-22-19-16-14-12-10-8-5-2/h31-33,36-37H,4-30H2,1-3H3,(H,35,38). The van der Waals surface area contributed by atoms with E-state index >= 15 is 0 Å². The number of nitrogens with one attached hydrogen (secondary N) is 1. The Bertz CT molecular complexity index is 484. The Kier molecular flexibility index (Phi) is 28.9. The van der Waals surface area contributed by atoms with Gasteiger partial charge >= 0.3 is 0 Å². The summed E-state index contributed by atoms with van der Waals surface area (Å²) in [5, 5.41) is 23.8. The van der Waals surface area contributed by atoms with Gasteiger partial charge in [0, 0.05) is 0 Å². The predicted molar refractivity (Wildman–Crippen MR) is 166 cm³/mol. The SMILES string of the molecule is CCCCCCCCCCCCCCCC(O)C(CC)NC(=O)C(O)CCCCCCCCCCCCC. The fraction of sp³-hybridized carbons (Fsp3) is 0.971. The molecule has 0 rings (SSSR count). The van der Waals surface area contributed by atoms with Crippen LogP contribution in [0.2, 0.25) is 0 Å². The fourth-order valence-electron chi connectivity index (χ4n) is 5.45. The van der Waals surface area contributed by atoms with Crippen LogP contribution in [0.4, 0.5) is 0 Å². The summed E-state index contributed by atoms with van der Waals surface area (Å²) in [4.78, 5) is 12.4. The van der Waals surface area contributed by atoms with Crippen LogP contribution in [-0.2, 0) is 4.79 Å². The molecule has 4 heteroatoms. The van der Waals surface area contributed by atoms with Gasteiger partial charge in [0.1, 0.15) is 6.10 Å². The second kappa shape index (κ2) is 29.4. The second-order valence-corrected chi connectivity index (χ2v) is 12.0. The van der Waals surface area contributed by atoms with Crippen LogP contribution in [0.25, 0.3) is 0 Å². The lowest BCUT2D eigenvalue weighted by atomic mass is 9.99. The van der Waals surface area contributed by atoms with Crippen LogP contribution in [0, 0.1) is 0 Å². The molecule has 0 radical (unpaired) electrons. The molecule has 0 heterocycles. The lowest BCUT2D eigenvalue weighted by Crippen LogP contribution is -2.47. The molecule has 228 valence electrons. The first-order valence-corrected chi connectivity index (χ1v) is 17.2. The van der Waals surface area contributed by atoms with Gasteiger partial charge in [0.15, 0.2) is 0 Å². The van der Waals surface area contributed by atoms with Crippen molar-refractivity contribution in [2.24, 2.45) is 0 Å². The zero-order valence-electron chi connectivity index (χ0n) is 26.1. The van der Waals surface area contributed by atoms with Crippen molar-refractivity contribution in [1.29, 1.82) is 0 Å². The van der Waals surface area contributed by atoms with Crippen LogP contribution >= 0.6 is 0 Å². The van der Waals surface area contributed by atoms with E-state index < -0.39 is 12.2 Å². The van der Waals surface area contributed by atoms with E-state index in [-0.39, 0.29) is 11.9 Å². The molecule has 3 N–H and O–H groups in total. The highest BCUT2D eigenvalue weighted by molar-refractivity contribution is 5.80. The summed E-state index contributed by atoms with van der Waals surface area (Å²) >= 11 is 0. The maximum absolute atomic E-state index is 12.4. The summed E-state index contributed by atoms with van der Waals surface area (Å²) in [6.45, 7) is 6.52. The molecule has 0 aromatic rings. The molecule has 0 spiro atoms. The Morgan fingerprint density at radius 3 is 1.16 bits per heavy atom. The van der Waals surface area contributed by atoms with Gasteiger partial charge in [0.2, 0.25) is 5.91 Å². The number of carbonyl (C=O) groups is 1. The average molecular weight is 540 g/mol. The Morgan fingerprint density at radius 2 is 0.816 bits per heavy atom. The van der Waals surface area contributed by atoms with E-state index in [1.54, 1.807) is 0 Å². The van der Waals surface area contributed by atoms with E-state index in [0.29, 0.717) is 12.8 Å².